The molecule has 14 heavy (non-hydrogen) atoms. The second-order valence-electron chi connectivity index (χ2n) is 3.39. The standard InChI is InChI=1S/C10H14N3O/c1-14-10-4-2-3-7-13(10)9-5-6-11-8-12-9/h5-6,10H,2-4,7H2,1H3. The van der Waals surface area contributed by atoms with E-state index in [2.05, 4.69) is 21.2 Å². The van der Waals surface area contributed by atoms with Crippen LogP contribution in [0.15, 0.2) is 12.3 Å². The van der Waals surface area contributed by atoms with Crippen molar-refractivity contribution in [1.82, 2.24) is 9.97 Å². The minimum atomic E-state index is 0.159. The second-order valence-corrected chi connectivity index (χ2v) is 3.39. The van der Waals surface area contributed by atoms with Gasteiger partial charge in [-0.3, -0.25) is 0 Å². The Morgan fingerprint density at radius 1 is 1.57 bits per heavy atom. The van der Waals surface area contributed by atoms with E-state index in [0.29, 0.717) is 0 Å². The molecule has 0 spiro atoms. The van der Waals surface area contributed by atoms with Crippen molar-refractivity contribution in [2.75, 3.05) is 18.6 Å². The van der Waals surface area contributed by atoms with E-state index in [1.54, 1.807) is 13.3 Å². The molecule has 0 aromatic carbocycles. The number of methoxy groups -OCH3 is 1. The molecule has 1 aliphatic rings. The highest BCUT2D eigenvalue weighted by Crippen LogP contribution is 2.22. The fourth-order valence-electron chi connectivity index (χ4n) is 1.82. The van der Waals surface area contributed by atoms with Crippen molar-refractivity contribution in [2.45, 2.75) is 25.5 Å². The molecule has 0 saturated carbocycles. The molecule has 0 aliphatic carbocycles. The number of ether oxygens (including phenoxy) is 1. The number of anilines is 1. The highest BCUT2D eigenvalue weighted by molar-refractivity contribution is 5.37. The number of piperidine rings is 1. The Morgan fingerprint density at radius 3 is 3.21 bits per heavy atom. The number of aromatic nitrogens is 2. The van der Waals surface area contributed by atoms with Crippen molar-refractivity contribution in [3.8, 4) is 0 Å². The van der Waals surface area contributed by atoms with Crippen molar-refractivity contribution in [3.05, 3.63) is 18.6 Å². The minimum Gasteiger partial charge on any atom is -0.362 e. The SMILES string of the molecule is COC1CCCCN1c1ccn[c]n1. The zero-order valence-corrected chi connectivity index (χ0v) is 8.31. The Kier molecular flexibility index (Phi) is 2.93. The zero-order chi connectivity index (χ0) is 9.80. The van der Waals surface area contributed by atoms with Crippen LogP contribution < -0.4 is 4.90 Å². The van der Waals surface area contributed by atoms with Gasteiger partial charge in [0.1, 0.15) is 12.0 Å². The predicted octanol–water partition coefficient (Wildman–Crippen LogP) is 1.24. The Labute approximate surface area is 83.9 Å². The van der Waals surface area contributed by atoms with Crippen LogP contribution in [-0.2, 0) is 4.74 Å². The summed E-state index contributed by atoms with van der Waals surface area (Å²) in [6.07, 6.45) is 7.97. The van der Waals surface area contributed by atoms with Crippen LogP contribution in [0, 0.1) is 6.33 Å². The van der Waals surface area contributed by atoms with Crippen molar-refractivity contribution in [1.29, 1.82) is 0 Å². The molecule has 4 heteroatoms. The van der Waals surface area contributed by atoms with Gasteiger partial charge in [-0.1, -0.05) is 0 Å². The molecule has 0 bridgehead atoms. The van der Waals surface area contributed by atoms with E-state index in [1.165, 1.54) is 12.8 Å². The van der Waals surface area contributed by atoms with Gasteiger partial charge < -0.3 is 9.64 Å². The third-order valence-electron chi connectivity index (χ3n) is 2.53. The Balaban J connectivity index is 2.15. The summed E-state index contributed by atoms with van der Waals surface area (Å²) < 4.78 is 5.41. The molecule has 1 radical (unpaired) electrons. The minimum absolute atomic E-state index is 0.159. The van der Waals surface area contributed by atoms with Gasteiger partial charge in [0.15, 0.2) is 6.33 Å². The van der Waals surface area contributed by atoms with Crippen LogP contribution in [0.4, 0.5) is 5.82 Å². The molecule has 2 heterocycles. The molecular formula is C10H14N3O. The maximum absolute atomic E-state index is 5.41. The van der Waals surface area contributed by atoms with Crippen LogP contribution in [0.25, 0.3) is 0 Å². The summed E-state index contributed by atoms with van der Waals surface area (Å²) >= 11 is 0. The average molecular weight is 192 g/mol. The molecule has 1 aliphatic heterocycles. The monoisotopic (exact) mass is 192 g/mol. The van der Waals surface area contributed by atoms with E-state index in [0.717, 1.165) is 18.8 Å². The molecule has 1 unspecified atom stereocenters. The molecule has 0 N–H and O–H groups in total. The molecule has 1 aromatic rings. The van der Waals surface area contributed by atoms with Crippen LogP contribution in [0.5, 0.6) is 0 Å². The predicted molar refractivity (Wildman–Crippen MR) is 52.9 cm³/mol. The van der Waals surface area contributed by atoms with E-state index in [4.69, 9.17) is 4.74 Å². The quantitative estimate of drug-likeness (QED) is 0.706. The molecule has 4 nitrogen and oxygen atoms in total. The summed E-state index contributed by atoms with van der Waals surface area (Å²) in [6.45, 7) is 1.00. The van der Waals surface area contributed by atoms with Crippen LogP contribution in [0.3, 0.4) is 0 Å². The first kappa shape index (κ1) is 9.40. The van der Waals surface area contributed by atoms with Crippen molar-refractivity contribution in [3.63, 3.8) is 0 Å². The maximum atomic E-state index is 5.41. The topological polar surface area (TPSA) is 38.2 Å². The fourth-order valence-corrected chi connectivity index (χ4v) is 1.82. The largest absolute Gasteiger partial charge is 0.362 e. The molecule has 2 rings (SSSR count). The second kappa shape index (κ2) is 4.37. The Bertz CT molecular complexity index is 278. The van der Waals surface area contributed by atoms with Gasteiger partial charge in [-0.25, -0.2) is 9.97 Å². The van der Waals surface area contributed by atoms with Crippen LogP contribution in [0.2, 0.25) is 0 Å². The summed E-state index contributed by atoms with van der Waals surface area (Å²) in [5.74, 6) is 0.909. The van der Waals surface area contributed by atoms with Gasteiger partial charge in [-0.15, -0.1) is 0 Å². The van der Waals surface area contributed by atoms with Crippen molar-refractivity contribution in [2.24, 2.45) is 0 Å². The third kappa shape index (κ3) is 1.85. The molecule has 0 amide bonds. The third-order valence-corrected chi connectivity index (χ3v) is 2.53. The van der Waals surface area contributed by atoms with Gasteiger partial charge in [0.2, 0.25) is 0 Å². The molecule has 1 atom stereocenters. The van der Waals surface area contributed by atoms with E-state index >= 15 is 0 Å². The molecule has 1 saturated heterocycles. The molecular weight excluding hydrogens is 178 g/mol. The van der Waals surface area contributed by atoms with Gasteiger partial charge in [-0.2, -0.15) is 0 Å². The highest BCUT2D eigenvalue weighted by atomic mass is 16.5. The smallest absolute Gasteiger partial charge is 0.199 e. The Hall–Kier alpha value is -1.16. The Morgan fingerprint density at radius 2 is 2.50 bits per heavy atom. The average Bonchev–Trinajstić information content (AvgIpc) is 2.30. The molecule has 1 fully saturated rings. The summed E-state index contributed by atoms with van der Waals surface area (Å²) in [5, 5.41) is 0. The summed E-state index contributed by atoms with van der Waals surface area (Å²) in [5.41, 5.74) is 0. The lowest BCUT2D eigenvalue weighted by atomic mass is 10.1. The van der Waals surface area contributed by atoms with Gasteiger partial charge in [0, 0.05) is 19.9 Å². The number of nitrogens with zero attached hydrogens (tertiary/aromatic N) is 3. The molecule has 1 aromatic heterocycles. The number of hydrogen-bond donors (Lipinski definition) is 0. The number of rotatable bonds is 2. The van der Waals surface area contributed by atoms with Gasteiger partial charge in [0.25, 0.3) is 0 Å². The lowest BCUT2D eigenvalue weighted by Crippen LogP contribution is -2.41. The van der Waals surface area contributed by atoms with E-state index in [1.807, 2.05) is 6.07 Å². The maximum Gasteiger partial charge on any atom is 0.199 e. The van der Waals surface area contributed by atoms with Crippen LogP contribution >= 0.6 is 0 Å². The lowest BCUT2D eigenvalue weighted by molar-refractivity contribution is 0.0778. The van der Waals surface area contributed by atoms with Crippen LogP contribution in [-0.4, -0.2) is 29.9 Å². The first-order valence-corrected chi connectivity index (χ1v) is 4.90. The van der Waals surface area contributed by atoms with E-state index in [9.17, 15) is 0 Å². The molecule has 75 valence electrons. The first-order chi connectivity index (χ1) is 6.92. The first-order valence-electron chi connectivity index (χ1n) is 4.90. The van der Waals surface area contributed by atoms with Gasteiger partial charge >= 0.3 is 0 Å². The van der Waals surface area contributed by atoms with E-state index in [-0.39, 0.29) is 6.23 Å². The fraction of sp³-hybridized carbons (Fsp3) is 0.600. The van der Waals surface area contributed by atoms with Crippen LogP contribution in [0.1, 0.15) is 19.3 Å². The van der Waals surface area contributed by atoms with Crippen molar-refractivity contribution >= 4 is 5.82 Å². The summed E-state index contributed by atoms with van der Waals surface area (Å²) in [7, 11) is 1.74. The van der Waals surface area contributed by atoms with Crippen molar-refractivity contribution < 1.29 is 4.74 Å². The lowest BCUT2D eigenvalue weighted by Gasteiger charge is -2.35. The van der Waals surface area contributed by atoms with Gasteiger partial charge in [0.05, 0.1) is 0 Å². The number of hydrogen-bond acceptors (Lipinski definition) is 4. The zero-order valence-electron chi connectivity index (χ0n) is 8.31. The normalized spacial score (nSPS) is 22.4. The highest BCUT2D eigenvalue weighted by Gasteiger charge is 2.22. The summed E-state index contributed by atoms with van der Waals surface area (Å²) in [6, 6.07) is 1.90. The summed E-state index contributed by atoms with van der Waals surface area (Å²) in [4.78, 5) is 10.1. The van der Waals surface area contributed by atoms with Gasteiger partial charge in [-0.05, 0) is 25.3 Å². The van der Waals surface area contributed by atoms with E-state index < -0.39 is 0 Å².